The molecule has 1 fully saturated rings. The average Bonchev–Trinajstić information content (AvgIpc) is 2.66. The highest BCUT2D eigenvalue weighted by Crippen LogP contribution is 2.15. The Kier molecular flexibility index (Phi) is 5.20. The van der Waals surface area contributed by atoms with E-state index in [9.17, 15) is 14.4 Å². The van der Waals surface area contributed by atoms with Crippen LogP contribution in [0.3, 0.4) is 0 Å². The molecule has 0 spiro atoms. The van der Waals surface area contributed by atoms with E-state index in [1.807, 2.05) is 12.1 Å². The Hall–Kier alpha value is -2.90. The summed E-state index contributed by atoms with van der Waals surface area (Å²) in [5.74, 6) is -0.0650. The van der Waals surface area contributed by atoms with Crippen LogP contribution in [0.2, 0.25) is 0 Å². The van der Waals surface area contributed by atoms with Gasteiger partial charge in [0.1, 0.15) is 0 Å². The molecule has 0 unspecified atom stereocenters. The fourth-order valence-electron chi connectivity index (χ4n) is 3.11. The summed E-state index contributed by atoms with van der Waals surface area (Å²) in [4.78, 5) is 39.9. The van der Waals surface area contributed by atoms with Crippen LogP contribution in [-0.2, 0) is 23.0 Å². The lowest BCUT2D eigenvalue weighted by molar-refractivity contribution is -0.132. The average molecular weight is 358 g/mol. The van der Waals surface area contributed by atoms with E-state index in [1.165, 1.54) is 4.68 Å². The van der Waals surface area contributed by atoms with Crippen molar-refractivity contribution in [3.8, 4) is 0 Å². The van der Waals surface area contributed by atoms with Crippen LogP contribution >= 0.6 is 0 Å². The first-order chi connectivity index (χ1) is 12.5. The van der Waals surface area contributed by atoms with E-state index in [0.717, 1.165) is 0 Å². The van der Waals surface area contributed by atoms with Crippen LogP contribution in [0.15, 0.2) is 29.1 Å². The standard InChI is InChI=1S/C18H22N4O4/c1-3-26-18(25)22-10-8-21(9-11-22)16(23)12-15-13-6-4-5-7-14(13)17(24)20(2)19-15/h4-7H,3,8-12H2,1-2H3. The SMILES string of the molecule is CCOC(=O)N1CCN(C(=O)Cc2nn(C)c(=O)c3ccccc23)CC1. The van der Waals surface area contributed by atoms with Gasteiger partial charge in [-0.3, -0.25) is 9.59 Å². The van der Waals surface area contributed by atoms with Crippen molar-refractivity contribution in [2.24, 2.45) is 7.05 Å². The molecule has 1 aliphatic heterocycles. The number of hydrogen-bond donors (Lipinski definition) is 0. The van der Waals surface area contributed by atoms with Gasteiger partial charge in [0.05, 0.1) is 24.1 Å². The minimum Gasteiger partial charge on any atom is -0.450 e. The molecule has 0 aliphatic carbocycles. The first-order valence-corrected chi connectivity index (χ1v) is 8.65. The van der Waals surface area contributed by atoms with Crippen molar-refractivity contribution in [2.45, 2.75) is 13.3 Å². The second-order valence-electron chi connectivity index (χ2n) is 6.16. The molecule has 8 heteroatoms. The lowest BCUT2D eigenvalue weighted by Crippen LogP contribution is -2.51. The number of rotatable bonds is 3. The monoisotopic (exact) mass is 358 g/mol. The fourth-order valence-corrected chi connectivity index (χ4v) is 3.11. The molecule has 1 saturated heterocycles. The summed E-state index contributed by atoms with van der Waals surface area (Å²) in [5, 5.41) is 5.53. The van der Waals surface area contributed by atoms with Gasteiger partial charge in [0, 0.05) is 38.6 Å². The normalized spacial score (nSPS) is 14.5. The van der Waals surface area contributed by atoms with Crippen LogP contribution in [0, 0.1) is 0 Å². The van der Waals surface area contributed by atoms with Crippen molar-refractivity contribution in [1.29, 1.82) is 0 Å². The predicted octanol–water partition coefficient (Wildman–Crippen LogP) is 0.777. The Morgan fingerprint density at radius 3 is 2.35 bits per heavy atom. The van der Waals surface area contributed by atoms with Gasteiger partial charge in [-0.2, -0.15) is 5.10 Å². The predicted molar refractivity (Wildman–Crippen MR) is 95.9 cm³/mol. The van der Waals surface area contributed by atoms with Gasteiger partial charge in [-0.1, -0.05) is 18.2 Å². The van der Waals surface area contributed by atoms with Gasteiger partial charge in [0.2, 0.25) is 5.91 Å². The number of carbonyl (C=O) groups is 2. The first-order valence-electron chi connectivity index (χ1n) is 8.65. The summed E-state index contributed by atoms with van der Waals surface area (Å²) >= 11 is 0. The van der Waals surface area contributed by atoms with Gasteiger partial charge >= 0.3 is 6.09 Å². The molecule has 0 atom stereocenters. The number of fused-ring (bicyclic) bond motifs is 1. The van der Waals surface area contributed by atoms with Gasteiger partial charge in [0.15, 0.2) is 0 Å². The molecule has 3 rings (SSSR count). The van der Waals surface area contributed by atoms with Crippen LogP contribution in [-0.4, -0.2) is 64.4 Å². The summed E-state index contributed by atoms with van der Waals surface area (Å²) in [6.45, 7) is 3.92. The van der Waals surface area contributed by atoms with Crippen molar-refractivity contribution in [1.82, 2.24) is 19.6 Å². The van der Waals surface area contributed by atoms with Crippen LogP contribution in [0.5, 0.6) is 0 Å². The van der Waals surface area contributed by atoms with Crippen molar-refractivity contribution >= 4 is 22.8 Å². The molecule has 0 N–H and O–H groups in total. The second kappa shape index (κ2) is 7.55. The molecule has 2 aromatic rings. The molecule has 2 heterocycles. The maximum atomic E-state index is 12.7. The van der Waals surface area contributed by atoms with Gasteiger partial charge < -0.3 is 14.5 Å². The number of carbonyl (C=O) groups excluding carboxylic acids is 2. The third-order valence-corrected chi connectivity index (χ3v) is 4.51. The second-order valence-corrected chi connectivity index (χ2v) is 6.16. The zero-order valence-electron chi connectivity index (χ0n) is 15.0. The molecule has 2 amide bonds. The number of aromatic nitrogens is 2. The van der Waals surface area contributed by atoms with E-state index >= 15 is 0 Å². The fraction of sp³-hybridized carbons (Fsp3) is 0.444. The van der Waals surface area contributed by atoms with Crippen LogP contribution < -0.4 is 5.56 Å². The smallest absolute Gasteiger partial charge is 0.409 e. The summed E-state index contributed by atoms with van der Waals surface area (Å²) in [6.07, 6.45) is -0.223. The van der Waals surface area contributed by atoms with Crippen molar-refractivity contribution in [3.63, 3.8) is 0 Å². The molecule has 0 bridgehead atoms. The van der Waals surface area contributed by atoms with Crippen LogP contribution in [0.25, 0.3) is 10.8 Å². The lowest BCUT2D eigenvalue weighted by Gasteiger charge is -2.34. The van der Waals surface area contributed by atoms with E-state index in [-0.39, 0.29) is 24.0 Å². The molecule has 1 aromatic heterocycles. The highest BCUT2D eigenvalue weighted by atomic mass is 16.6. The first kappa shape index (κ1) is 17.9. The van der Waals surface area contributed by atoms with E-state index < -0.39 is 0 Å². The van der Waals surface area contributed by atoms with Crippen molar-refractivity contribution in [2.75, 3.05) is 32.8 Å². The topological polar surface area (TPSA) is 84.7 Å². The van der Waals surface area contributed by atoms with Crippen molar-refractivity contribution < 1.29 is 14.3 Å². The third kappa shape index (κ3) is 3.54. The highest BCUT2D eigenvalue weighted by molar-refractivity contribution is 5.88. The van der Waals surface area contributed by atoms with Gasteiger partial charge in [-0.05, 0) is 13.0 Å². The van der Waals surface area contributed by atoms with Gasteiger partial charge in [0.25, 0.3) is 5.56 Å². The summed E-state index contributed by atoms with van der Waals surface area (Å²) in [5.41, 5.74) is 0.403. The number of hydrogen-bond acceptors (Lipinski definition) is 5. The van der Waals surface area contributed by atoms with E-state index in [0.29, 0.717) is 49.3 Å². The Balaban J connectivity index is 1.72. The Morgan fingerprint density at radius 1 is 1.08 bits per heavy atom. The van der Waals surface area contributed by atoms with Crippen molar-refractivity contribution in [3.05, 3.63) is 40.3 Å². The number of benzene rings is 1. The highest BCUT2D eigenvalue weighted by Gasteiger charge is 2.25. The number of aryl methyl sites for hydroxylation is 1. The van der Waals surface area contributed by atoms with E-state index in [2.05, 4.69) is 5.10 Å². The van der Waals surface area contributed by atoms with Crippen LogP contribution in [0.1, 0.15) is 12.6 Å². The molecular formula is C18H22N4O4. The number of amides is 2. The maximum absolute atomic E-state index is 12.7. The molecular weight excluding hydrogens is 336 g/mol. The number of ether oxygens (including phenoxy) is 1. The van der Waals surface area contributed by atoms with Gasteiger partial charge in [-0.25, -0.2) is 9.48 Å². The maximum Gasteiger partial charge on any atom is 0.409 e. The van der Waals surface area contributed by atoms with E-state index in [1.54, 1.807) is 35.9 Å². The molecule has 8 nitrogen and oxygen atoms in total. The van der Waals surface area contributed by atoms with Gasteiger partial charge in [-0.15, -0.1) is 0 Å². The van der Waals surface area contributed by atoms with Crippen LogP contribution in [0.4, 0.5) is 4.79 Å². The minimum atomic E-state index is -0.342. The molecule has 138 valence electrons. The molecule has 0 radical (unpaired) electrons. The Labute approximate surface area is 150 Å². The number of piperazine rings is 1. The molecule has 1 aromatic carbocycles. The minimum absolute atomic E-state index is 0.0650. The molecule has 1 aliphatic rings. The molecule has 0 saturated carbocycles. The molecule has 26 heavy (non-hydrogen) atoms. The van der Waals surface area contributed by atoms with E-state index in [4.69, 9.17) is 4.74 Å². The third-order valence-electron chi connectivity index (χ3n) is 4.51. The number of nitrogens with zero attached hydrogens (tertiary/aromatic N) is 4. The quantitative estimate of drug-likeness (QED) is 0.809. The zero-order valence-corrected chi connectivity index (χ0v) is 15.0. The Morgan fingerprint density at radius 2 is 1.69 bits per heavy atom. The largest absolute Gasteiger partial charge is 0.450 e. The summed E-state index contributed by atoms with van der Waals surface area (Å²) in [7, 11) is 1.58. The lowest BCUT2D eigenvalue weighted by atomic mass is 10.1. The summed E-state index contributed by atoms with van der Waals surface area (Å²) in [6, 6.07) is 7.18. The zero-order chi connectivity index (χ0) is 18.7. The Bertz CT molecular complexity index is 884. The summed E-state index contributed by atoms with van der Waals surface area (Å²) < 4.78 is 6.25.